The fraction of sp³-hybridized carbons (Fsp3) is 0.458. The number of carbonyl (C=O) groups is 2. The van der Waals surface area contributed by atoms with Crippen molar-refractivity contribution in [3.8, 4) is 5.75 Å². The Labute approximate surface area is 181 Å². The summed E-state index contributed by atoms with van der Waals surface area (Å²) in [7, 11) is 0. The van der Waals surface area contributed by atoms with Crippen molar-refractivity contribution in [1.29, 1.82) is 0 Å². The van der Waals surface area contributed by atoms with Gasteiger partial charge in [-0.3, -0.25) is 4.79 Å². The van der Waals surface area contributed by atoms with Gasteiger partial charge in [0, 0.05) is 23.4 Å². The summed E-state index contributed by atoms with van der Waals surface area (Å²) in [4.78, 5) is 37.2. The van der Waals surface area contributed by atoms with Gasteiger partial charge in [0.05, 0.1) is 5.56 Å². The molecule has 1 aliphatic heterocycles. The molecule has 0 aliphatic carbocycles. The third-order valence-electron chi connectivity index (χ3n) is 5.23. The Morgan fingerprint density at radius 2 is 1.84 bits per heavy atom. The van der Waals surface area contributed by atoms with Crippen LogP contribution in [-0.2, 0) is 19.1 Å². The SMILES string of the molecule is C/C=C(\C)C(=O)O[C@H]1[C@@H](OC(=O)CC(C)C)c2c(ccc3ccc(=O)oc23)OC1(C)C. The van der Waals surface area contributed by atoms with E-state index in [0.717, 1.165) is 0 Å². The average molecular weight is 428 g/mol. The number of fused-ring (bicyclic) bond motifs is 3. The van der Waals surface area contributed by atoms with E-state index in [2.05, 4.69) is 0 Å². The lowest BCUT2D eigenvalue weighted by atomic mass is 9.87. The molecule has 2 atom stereocenters. The topological polar surface area (TPSA) is 92.0 Å². The van der Waals surface area contributed by atoms with Crippen molar-refractivity contribution in [2.75, 3.05) is 0 Å². The molecule has 3 rings (SSSR count). The van der Waals surface area contributed by atoms with Crippen molar-refractivity contribution in [1.82, 2.24) is 0 Å². The first-order valence-corrected chi connectivity index (χ1v) is 10.3. The van der Waals surface area contributed by atoms with Crippen molar-refractivity contribution in [3.05, 3.63) is 51.9 Å². The minimum Gasteiger partial charge on any atom is -0.483 e. The Bertz CT molecular complexity index is 1090. The van der Waals surface area contributed by atoms with Gasteiger partial charge in [-0.15, -0.1) is 0 Å². The van der Waals surface area contributed by atoms with Crippen molar-refractivity contribution in [2.45, 2.75) is 65.8 Å². The predicted molar refractivity (Wildman–Crippen MR) is 115 cm³/mol. The van der Waals surface area contributed by atoms with Crippen LogP contribution in [0.2, 0.25) is 0 Å². The molecule has 7 heteroatoms. The molecular weight excluding hydrogens is 400 g/mol. The molecule has 0 saturated carbocycles. The molecule has 2 heterocycles. The molecular formula is C24H28O7. The van der Waals surface area contributed by atoms with E-state index in [-0.39, 0.29) is 17.9 Å². The zero-order chi connectivity index (χ0) is 22.9. The average Bonchev–Trinajstić information content (AvgIpc) is 2.68. The fourth-order valence-electron chi connectivity index (χ4n) is 3.53. The van der Waals surface area contributed by atoms with E-state index < -0.39 is 35.4 Å². The number of hydrogen-bond acceptors (Lipinski definition) is 7. The fourth-order valence-corrected chi connectivity index (χ4v) is 3.53. The van der Waals surface area contributed by atoms with Crippen LogP contribution in [0.15, 0.2) is 45.1 Å². The molecule has 0 bridgehead atoms. The molecule has 0 saturated heterocycles. The molecule has 0 fully saturated rings. The second-order valence-corrected chi connectivity index (χ2v) is 8.66. The van der Waals surface area contributed by atoms with E-state index >= 15 is 0 Å². The molecule has 0 amide bonds. The lowest BCUT2D eigenvalue weighted by Crippen LogP contribution is -2.52. The van der Waals surface area contributed by atoms with Gasteiger partial charge in [-0.05, 0) is 51.8 Å². The van der Waals surface area contributed by atoms with Crippen molar-refractivity contribution >= 4 is 22.9 Å². The second-order valence-electron chi connectivity index (χ2n) is 8.66. The van der Waals surface area contributed by atoms with Gasteiger partial charge < -0.3 is 18.6 Å². The van der Waals surface area contributed by atoms with E-state index in [9.17, 15) is 14.4 Å². The van der Waals surface area contributed by atoms with Gasteiger partial charge in [0.1, 0.15) is 16.9 Å². The quantitative estimate of drug-likeness (QED) is 0.394. The van der Waals surface area contributed by atoms with Crippen LogP contribution < -0.4 is 10.4 Å². The van der Waals surface area contributed by atoms with Crippen LogP contribution in [0.3, 0.4) is 0 Å². The number of hydrogen-bond donors (Lipinski definition) is 0. The molecule has 7 nitrogen and oxygen atoms in total. The Morgan fingerprint density at radius 3 is 2.48 bits per heavy atom. The van der Waals surface area contributed by atoms with E-state index in [0.29, 0.717) is 22.3 Å². The first-order chi connectivity index (χ1) is 14.5. The highest BCUT2D eigenvalue weighted by Crippen LogP contribution is 2.46. The summed E-state index contributed by atoms with van der Waals surface area (Å²) in [5, 5.41) is 0.640. The van der Waals surface area contributed by atoms with Crippen LogP contribution in [0.25, 0.3) is 11.0 Å². The highest BCUT2D eigenvalue weighted by Gasteiger charge is 2.50. The van der Waals surface area contributed by atoms with Crippen LogP contribution in [0, 0.1) is 5.92 Å². The largest absolute Gasteiger partial charge is 0.483 e. The van der Waals surface area contributed by atoms with Crippen molar-refractivity contribution < 1.29 is 28.2 Å². The molecule has 0 spiro atoms. The van der Waals surface area contributed by atoms with Crippen molar-refractivity contribution in [3.63, 3.8) is 0 Å². The summed E-state index contributed by atoms with van der Waals surface area (Å²) in [5.41, 5.74) is -0.522. The predicted octanol–water partition coefficient (Wildman–Crippen LogP) is 4.47. The number of rotatable bonds is 5. The summed E-state index contributed by atoms with van der Waals surface area (Å²) in [6, 6.07) is 6.43. The standard InChI is InChI=1S/C24H28O7/c1-7-14(4)23(27)30-22-21(29-18(26)12-13(2)3)19-16(31-24(22,5)6)10-8-15-9-11-17(25)28-20(15)19/h7-11,13,21-22H,12H2,1-6H3/b14-7+/t21-,22-/m0/s1. The van der Waals surface area contributed by atoms with E-state index in [1.165, 1.54) is 6.07 Å². The third kappa shape index (κ3) is 4.65. The maximum absolute atomic E-state index is 12.7. The number of carbonyl (C=O) groups excluding carboxylic acids is 2. The molecule has 2 aromatic rings. The van der Waals surface area contributed by atoms with Gasteiger partial charge >= 0.3 is 17.6 Å². The van der Waals surface area contributed by atoms with E-state index in [4.69, 9.17) is 18.6 Å². The van der Waals surface area contributed by atoms with E-state index in [1.54, 1.807) is 52.0 Å². The lowest BCUT2D eigenvalue weighted by Gasteiger charge is -2.43. The summed E-state index contributed by atoms with van der Waals surface area (Å²) in [5.74, 6) is -0.497. The first kappa shape index (κ1) is 22.6. The summed E-state index contributed by atoms with van der Waals surface area (Å²) >= 11 is 0. The first-order valence-electron chi connectivity index (χ1n) is 10.3. The summed E-state index contributed by atoms with van der Waals surface area (Å²) in [6.45, 7) is 10.7. The smallest absolute Gasteiger partial charge is 0.336 e. The third-order valence-corrected chi connectivity index (χ3v) is 5.23. The Balaban J connectivity index is 2.18. The van der Waals surface area contributed by atoms with Gasteiger partial charge in [0.25, 0.3) is 0 Å². The zero-order valence-electron chi connectivity index (χ0n) is 18.7. The summed E-state index contributed by atoms with van der Waals surface area (Å²) < 4.78 is 23.2. The normalized spacial score (nSPS) is 20.2. The molecule has 0 unspecified atom stereocenters. The maximum atomic E-state index is 12.7. The monoisotopic (exact) mass is 428 g/mol. The highest BCUT2D eigenvalue weighted by atomic mass is 16.6. The number of esters is 2. The second kappa shape index (κ2) is 8.57. The zero-order valence-corrected chi connectivity index (χ0v) is 18.7. The van der Waals surface area contributed by atoms with Gasteiger partial charge in [-0.25, -0.2) is 9.59 Å². The van der Waals surface area contributed by atoms with Crippen LogP contribution in [0.4, 0.5) is 0 Å². The lowest BCUT2D eigenvalue weighted by molar-refractivity contribution is -0.188. The Morgan fingerprint density at radius 1 is 1.16 bits per heavy atom. The number of ether oxygens (including phenoxy) is 3. The Kier molecular flexibility index (Phi) is 6.25. The molecule has 0 radical (unpaired) electrons. The minimum absolute atomic E-state index is 0.0801. The van der Waals surface area contributed by atoms with Gasteiger partial charge in [-0.2, -0.15) is 0 Å². The Hall–Kier alpha value is -3.09. The van der Waals surface area contributed by atoms with Crippen LogP contribution in [0.5, 0.6) is 5.75 Å². The van der Waals surface area contributed by atoms with Gasteiger partial charge in [0.2, 0.25) is 0 Å². The van der Waals surface area contributed by atoms with Crippen LogP contribution >= 0.6 is 0 Å². The molecule has 1 aliphatic rings. The molecule has 1 aromatic carbocycles. The highest BCUT2D eigenvalue weighted by molar-refractivity contribution is 5.88. The minimum atomic E-state index is -1.01. The summed E-state index contributed by atoms with van der Waals surface area (Å²) in [6.07, 6.45) is -0.139. The maximum Gasteiger partial charge on any atom is 0.336 e. The van der Waals surface area contributed by atoms with Crippen LogP contribution in [-0.4, -0.2) is 23.6 Å². The van der Waals surface area contributed by atoms with Gasteiger partial charge in [-0.1, -0.05) is 19.9 Å². The molecule has 31 heavy (non-hydrogen) atoms. The molecule has 1 aromatic heterocycles. The van der Waals surface area contributed by atoms with E-state index in [1.807, 2.05) is 13.8 Å². The van der Waals surface area contributed by atoms with Crippen molar-refractivity contribution in [2.24, 2.45) is 5.92 Å². The van der Waals surface area contributed by atoms with Crippen LogP contribution in [0.1, 0.15) is 59.6 Å². The molecule has 166 valence electrons. The van der Waals surface area contributed by atoms with Gasteiger partial charge in [0.15, 0.2) is 12.2 Å². The number of allylic oxidation sites excluding steroid dienone is 1. The molecule has 0 N–H and O–H groups in total. The number of benzene rings is 1.